The van der Waals surface area contributed by atoms with Gasteiger partial charge in [-0.2, -0.15) is 0 Å². The lowest BCUT2D eigenvalue weighted by Crippen LogP contribution is -2.15. The van der Waals surface area contributed by atoms with Crippen LogP contribution in [-0.4, -0.2) is 23.1 Å². The molecule has 1 aromatic carbocycles. The standard InChI is InChI=1S/C16H22N4O/c1-4-12(2)20-16-9-15(18-11-19-16)17-10-13-7-5-6-8-14(13)21-3/h5-9,11-12H,4,10H2,1-3H3,(H2,17,18,19,20). The Balaban J connectivity index is 2.01. The van der Waals surface area contributed by atoms with Crippen molar-refractivity contribution in [3.8, 4) is 5.75 Å². The van der Waals surface area contributed by atoms with Crippen LogP contribution in [0.5, 0.6) is 5.75 Å². The summed E-state index contributed by atoms with van der Waals surface area (Å²) in [4.78, 5) is 8.47. The van der Waals surface area contributed by atoms with Gasteiger partial charge in [0.25, 0.3) is 0 Å². The lowest BCUT2D eigenvalue weighted by Gasteiger charge is -2.13. The van der Waals surface area contributed by atoms with E-state index >= 15 is 0 Å². The van der Waals surface area contributed by atoms with Crippen molar-refractivity contribution in [3.05, 3.63) is 42.2 Å². The minimum atomic E-state index is 0.391. The van der Waals surface area contributed by atoms with Crippen LogP contribution in [0.25, 0.3) is 0 Å². The molecule has 0 saturated carbocycles. The SMILES string of the molecule is CCC(C)Nc1cc(NCc2ccccc2OC)ncn1. The average Bonchev–Trinajstić information content (AvgIpc) is 2.53. The first kappa shape index (κ1) is 15.1. The molecule has 0 spiro atoms. The molecule has 21 heavy (non-hydrogen) atoms. The molecule has 5 nitrogen and oxygen atoms in total. The summed E-state index contributed by atoms with van der Waals surface area (Å²) in [6, 6.07) is 10.2. The van der Waals surface area contributed by atoms with E-state index in [1.54, 1.807) is 13.4 Å². The average molecular weight is 286 g/mol. The summed E-state index contributed by atoms with van der Waals surface area (Å²) in [7, 11) is 1.68. The Kier molecular flexibility index (Phi) is 5.37. The molecule has 0 aliphatic heterocycles. The molecule has 0 aliphatic rings. The Bertz CT molecular complexity index is 574. The fourth-order valence-corrected chi connectivity index (χ4v) is 1.92. The van der Waals surface area contributed by atoms with Crippen molar-refractivity contribution in [2.24, 2.45) is 0 Å². The Hall–Kier alpha value is -2.30. The third-order valence-electron chi connectivity index (χ3n) is 3.33. The number of hydrogen-bond donors (Lipinski definition) is 2. The van der Waals surface area contributed by atoms with Crippen molar-refractivity contribution in [1.82, 2.24) is 9.97 Å². The topological polar surface area (TPSA) is 59.1 Å². The van der Waals surface area contributed by atoms with E-state index in [4.69, 9.17) is 4.74 Å². The van der Waals surface area contributed by atoms with Crippen molar-refractivity contribution in [2.75, 3.05) is 17.7 Å². The zero-order valence-electron chi connectivity index (χ0n) is 12.8. The molecule has 0 aliphatic carbocycles. The maximum Gasteiger partial charge on any atom is 0.131 e. The van der Waals surface area contributed by atoms with Gasteiger partial charge in [-0.15, -0.1) is 0 Å². The van der Waals surface area contributed by atoms with Crippen LogP contribution in [-0.2, 0) is 6.54 Å². The molecule has 2 N–H and O–H groups in total. The van der Waals surface area contributed by atoms with Crippen molar-refractivity contribution in [1.29, 1.82) is 0 Å². The van der Waals surface area contributed by atoms with Gasteiger partial charge in [0, 0.05) is 24.2 Å². The molecule has 1 aromatic heterocycles. The van der Waals surface area contributed by atoms with E-state index in [0.29, 0.717) is 12.6 Å². The van der Waals surface area contributed by atoms with Crippen LogP contribution in [0.15, 0.2) is 36.7 Å². The quantitative estimate of drug-likeness (QED) is 0.817. The van der Waals surface area contributed by atoms with Gasteiger partial charge in [0.1, 0.15) is 23.7 Å². The van der Waals surface area contributed by atoms with Crippen LogP contribution in [0, 0.1) is 0 Å². The van der Waals surface area contributed by atoms with E-state index in [2.05, 4.69) is 34.4 Å². The minimum absolute atomic E-state index is 0.391. The van der Waals surface area contributed by atoms with Crippen LogP contribution in [0.4, 0.5) is 11.6 Å². The smallest absolute Gasteiger partial charge is 0.131 e. The zero-order chi connectivity index (χ0) is 15.1. The van der Waals surface area contributed by atoms with Gasteiger partial charge in [-0.3, -0.25) is 0 Å². The Morgan fingerprint density at radius 2 is 1.95 bits per heavy atom. The number of methoxy groups -OCH3 is 1. The van der Waals surface area contributed by atoms with E-state index in [0.717, 1.165) is 29.4 Å². The van der Waals surface area contributed by atoms with Crippen molar-refractivity contribution >= 4 is 11.6 Å². The van der Waals surface area contributed by atoms with Crippen LogP contribution in [0.3, 0.4) is 0 Å². The predicted octanol–water partition coefficient (Wildman–Crippen LogP) is 3.31. The number of hydrogen-bond acceptors (Lipinski definition) is 5. The molecule has 0 amide bonds. The predicted molar refractivity (Wildman–Crippen MR) is 85.7 cm³/mol. The first-order chi connectivity index (χ1) is 10.2. The highest BCUT2D eigenvalue weighted by Crippen LogP contribution is 2.19. The number of para-hydroxylation sites is 1. The molecule has 2 rings (SSSR count). The first-order valence-electron chi connectivity index (χ1n) is 7.17. The van der Waals surface area contributed by atoms with Crippen LogP contribution < -0.4 is 15.4 Å². The number of aromatic nitrogens is 2. The van der Waals surface area contributed by atoms with E-state index < -0.39 is 0 Å². The van der Waals surface area contributed by atoms with Crippen LogP contribution in [0.1, 0.15) is 25.8 Å². The van der Waals surface area contributed by atoms with E-state index in [-0.39, 0.29) is 0 Å². The Labute approximate surface area is 125 Å². The third kappa shape index (κ3) is 4.34. The van der Waals surface area contributed by atoms with Crippen LogP contribution in [0.2, 0.25) is 0 Å². The second-order valence-corrected chi connectivity index (χ2v) is 4.91. The number of nitrogens with one attached hydrogen (secondary N) is 2. The Morgan fingerprint density at radius 1 is 1.19 bits per heavy atom. The molecular formula is C16H22N4O. The van der Waals surface area contributed by atoms with Gasteiger partial charge in [0.15, 0.2) is 0 Å². The summed E-state index contributed by atoms with van der Waals surface area (Å²) >= 11 is 0. The lowest BCUT2D eigenvalue weighted by molar-refractivity contribution is 0.410. The van der Waals surface area contributed by atoms with Gasteiger partial charge in [0.2, 0.25) is 0 Å². The molecule has 5 heteroatoms. The largest absolute Gasteiger partial charge is 0.496 e. The highest BCUT2D eigenvalue weighted by atomic mass is 16.5. The molecule has 1 atom stereocenters. The molecule has 0 bridgehead atoms. The molecular weight excluding hydrogens is 264 g/mol. The fourth-order valence-electron chi connectivity index (χ4n) is 1.92. The number of rotatable bonds is 7. The maximum absolute atomic E-state index is 5.34. The number of ether oxygens (including phenoxy) is 1. The number of benzene rings is 1. The Morgan fingerprint density at radius 3 is 2.71 bits per heavy atom. The fraction of sp³-hybridized carbons (Fsp3) is 0.375. The number of anilines is 2. The summed E-state index contributed by atoms with van der Waals surface area (Å²) in [6.07, 6.45) is 2.61. The van der Waals surface area contributed by atoms with E-state index in [1.165, 1.54) is 0 Å². The summed E-state index contributed by atoms with van der Waals surface area (Å²) < 4.78 is 5.34. The number of nitrogens with zero attached hydrogens (tertiary/aromatic N) is 2. The molecule has 1 unspecified atom stereocenters. The van der Waals surface area contributed by atoms with Crippen molar-refractivity contribution in [3.63, 3.8) is 0 Å². The molecule has 1 heterocycles. The third-order valence-corrected chi connectivity index (χ3v) is 3.33. The normalized spacial score (nSPS) is 11.8. The van der Waals surface area contributed by atoms with Gasteiger partial charge >= 0.3 is 0 Å². The highest BCUT2D eigenvalue weighted by molar-refractivity contribution is 5.48. The monoisotopic (exact) mass is 286 g/mol. The van der Waals surface area contributed by atoms with Crippen molar-refractivity contribution in [2.45, 2.75) is 32.9 Å². The maximum atomic E-state index is 5.34. The van der Waals surface area contributed by atoms with Gasteiger partial charge in [-0.25, -0.2) is 9.97 Å². The van der Waals surface area contributed by atoms with E-state index in [1.807, 2.05) is 30.3 Å². The summed E-state index contributed by atoms with van der Waals surface area (Å²) in [5.74, 6) is 2.50. The second kappa shape index (κ2) is 7.47. The summed E-state index contributed by atoms with van der Waals surface area (Å²) in [5.41, 5.74) is 1.09. The van der Waals surface area contributed by atoms with Gasteiger partial charge in [-0.05, 0) is 19.4 Å². The zero-order valence-corrected chi connectivity index (χ0v) is 12.8. The lowest BCUT2D eigenvalue weighted by atomic mass is 10.2. The summed E-state index contributed by atoms with van der Waals surface area (Å²) in [6.45, 7) is 4.92. The van der Waals surface area contributed by atoms with Gasteiger partial charge in [-0.1, -0.05) is 25.1 Å². The van der Waals surface area contributed by atoms with Crippen LogP contribution >= 0.6 is 0 Å². The minimum Gasteiger partial charge on any atom is -0.496 e. The van der Waals surface area contributed by atoms with E-state index in [9.17, 15) is 0 Å². The molecule has 112 valence electrons. The molecule has 0 saturated heterocycles. The highest BCUT2D eigenvalue weighted by Gasteiger charge is 2.04. The molecule has 2 aromatic rings. The summed E-state index contributed by atoms with van der Waals surface area (Å²) in [5, 5.41) is 6.63. The second-order valence-electron chi connectivity index (χ2n) is 4.91. The van der Waals surface area contributed by atoms with Gasteiger partial charge < -0.3 is 15.4 Å². The molecule has 0 radical (unpaired) electrons. The first-order valence-corrected chi connectivity index (χ1v) is 7.17. The molecule has 0 fully saturated rings. The van der Waals surface area contributed by atoms with Gasteiger partial charge in [0.05, 0.1) is 7.11 Å². The van der Waals surface area contributed by atoms with Crippen molar-refractivity contribution < 1.29 is 4.74 Å².